The molecule has 0 aliphatic heterocycles. The number of aromatic nitrogens is 3. The molecule has 4 nitrogen and oxygen atoms in total. The Labute approximate surface area is 148 Å². The fraction of sp³-hybridized carbons (Fsp3) is 0.0526. The van der Waals surface area contributed by atoms with Gasteiger partial charge in [0.15, 0.2) is 0 Å². The third-order valence-corrected chi connectivity index (χ3v) is 4.48. The highest BCUT2D eigenvalue weighted by Gasteiger charge is 2.09. The molecule has 1 N–H and O–H groups in total. The number of pyridine rings is 1. The summed E-state index contributed by atoms with van der Waals surface area (Å²) in [5.74, 6) is 0.829. The molecule has 118 valence electrons. The van der Waals surface area contributed by atoms with Gasteiger partial charge < -0.3 is 5.32 Å². The van der Waals surface area contributed by atoms with Crippen molar-refractivity contribution in [1.82, 2.24) is 14.8 Å². The summed E-state index contributed by atoms with van der Waals surface area (Å²) in [6.07, 6.45) is 1.81. The summed E-state index contributed by atoms with van der Waals surface area (Å²) in [6.45, 7) is 0. The van der Waals surface area contributed by atoms with E-state index in [0.29, 0.717) is 0 Å². The molecule has 2 aromatic heterocycles. The molecule has 0 saturated heterocycles. The van der Waals surface area contributed by atoms with Gasteiger partial charge in [0.05, 0.1) is 21.9 Å². The molecule has 24 heavy (non-hydrogen) atoms. The zero-order chi connectivity index (χ0) is 16.5. The van der Waals surface area contributed by atoms with E-state index in [1.807, 2.05) is 48.1 Å². The number of fused-ring (bicyclic) bond motifs is 1. The Morgan fingerprint density at radius 1 is 1.00 bits per heavy atom. The first-order valence-electron chi connectivity index (χ1n) is 7.61. The molecule has 0 aliphatic rings. The Morgan fingerprint density at radius 2 is 1.88 bits per heavy atom. The molecule has 4 aromatic rings. The monoisotopic (exact) mass is 378 g/mol. The highest BCUT2D eigenvalue weighted by molar-refractivity contribution is 9.10. The van der Waals surface area contributed by atoms with Crippen molar-refractivity contribution < 1.29 is 0 Å². The van der Waals surface area contributed by atoms with Crippen LogP contribution in [0.5, 0.6) is 0 Å². The van der Waals surface area contributed by atoms with E-state index in [1.54, 1.807) is 6.20 Å². The van der Waals surface area contributed by atoms with Crippen molar-refractivity contribution in [2.75, 3.05) is 5.32 Å². The number of nitrogens with one attached hydrogen (secondary N) is 1. The van der Waals surface area contributed by atoms with Crippen LogP contribution in [0, 0.1) is 0 Å². The second kappa shape index (κ2) is 6.09. The van der Waals surface area contributed by atoms with E-state index in [2.05, 4.69) is 55.6 Å². The van der Waals surface area contributed by atoms with Gasteiger partial charge in [-0.1, -0.05) is 30.3 Å². The van der Waals surface area contributed by atoms with Crippen molar-refractivity contribution in [2.45, 2.75) is 0 Å². The van der Waals surface area contributed by atoms with Gasteiger partial charge in [0.25, 0.3) is 0 Å². The highest BCUT2D eigenvalue weighted by Crippen LogP contribution is 2.30. The number of hydrogen-bond acceptors (Lipinski definition) is 3. The minimum atomic E-state index is 0.829. The molecule has 2 heterocycles. The van der Waals surface area contributed by atoms with Gasteiger partial charge in [-0.3, -0.25) is 4.68 Å². The molecule has 0 atom stereocenters. The van der Waals surface area contributed by atoms with Crippen molar-refractivity contribution in [1.29, 1.82) is 0 Å². The molecular formula is C19H15BrN4. The lowest BCUT2D eigenvalue weighted by Gasteiger charge is -2.09. The van der Waals surface area contributed by atoms with E-state index in [-0.39, 0.29) is 0 Å². The summed E-state index contributed by atoms with van der Waals surface area (Å²) >= 11 is 3.56. The average molecular weight is 379 g/mol. The normalized spacial score (nSPS) is 10.9. The Kier molecular flexibility index (Phi) is 3.78. The summed E-state index contributed by atoms with van der Waals surface area (Å²) in [5.41, 5.74) is 4.11. The minimum absolute atomic E-state index is 0.829. The molecule has 0 radical (unpaired) electrons. The van der Waals surface area contributed by atoms with Crippen molar-refractivity contribution in [3.63, 3.8) is 0 Å². The summed E-state index contributed by atoms with van der Waals surface area (Å²) in [7, 11) is 1.94. The van der Waals surface area contributed by atoms with E-state index < -0.39 is 0 Å². The van der Waals surface area contributed by atoms with Crippen LogP contribution in [0.25, 0.3) is 22.2 Å². The molecule has 0 amide bonds. The number of rotatable bonds is 3. The van der Waals surface area contributed by atoms with Crippen LogP contribution in [-0.2, 0) is 7.05 Å². The largest absolute Gasteiger partial charge is 0.340 e. The van der Waals surface area contributed by atoms with Gasteiger partial charge in [0.2, 0.25) is 0 Å². The van der Waals surface area contributed by atoms with Crippen LogP contribution in [0.4, 0.5) is 11.5 Å². The lowest BCUT2D eigenvalue weighted by molar-refractivity contribution is 0.776. The molecule has 0 spiro atoms. The topological polar surface area (TPSA) is 42.7 Å². The standard InChI is InChI=1S/C19H15BrN4/c1-24-19(16(20)12-21-24)14-6-4-7-15(11-14)22-18-10-9-13-5-2-3-8-17(13)23-18/h2-12H,1H3,(H,22,23). The summed E-state index contributed by atoms with van der Waals surface area (Å²) in [5, 5.41) is 8.79. The smallest absolute Gasteiger partial charge is 0.131 e. The highest BCUT2D eigenvalue weighted by atomic mass is 79.9. The van der Waals surface area contributed by atoms with E-state index >= 15 is 0 Å². The van der Waals surface area contributed by atoms with Gasteiger partial charge >= 0.3 is 0 Å². The summed E-state index contributed by atoms with van der Waals surface area (Å²) in [4.78, 5) is 4.66. The second-order valence-corrected chi connectivity index (χ2v) is 6.41. The van der Waals surface area contributed by atoms with Crippen LogP contribution in [0.2, 0.25) is 0 Å². The molecule has 0 aliphatic carbocycles. The first-order chi connectivity index (χ1) is 11.7. The third kappa shape index (κ3) is 2.78. The van der Waals surface area contributed by atoms with Gasteiger partial charge in [-0.15, -0.1) is 0 Å². The van der Waals surface area contributed by atoms with Crippen LogP contribution in [0.1, 0.15) is 0 Å². The van der Waals surface area contributed by atoms with Crippen LogP contribution in [0.15, 0.2) is 71.3 Å². The molecule has 2 aromatic carbocycles. The van der Waals surface area contributed by atoms with Gasteiger partial charge in [-0.2, -0.15) is 5.10 Å². The lowest BCUT2D eigenvalue weighted by atomic mass is 10.1. The number of para-hydroxylation sites is 1. The maximum atomic E-state index is 4.66. The number of nitrogens with zero attached hydrogens (tertiary/aromatic N) is 3. The van der Waals surface area contributed by atoms with Gasteiger partial charge in [0.1, 0.15) is 5.82 Å². The maximum absolute atomic E-state index is 4.66. The zero-order valence-corrected chi connectivity index (χ0v) is 14.7. The fourth-order valence-electron chi connectivity index (χ4n) is 2.76. The first-order valence-corrected chi connectivity index (χ1v) is 8.41. The van der Waals surface area contributed by atoms with Gasteiger partial charge in [-0.25, -0.2) is 4.98 Å². The Hall–Kier alpha value is -2.66. The maximum Gasteiger partial charge on any atom is 0.131 e. The molecular weight excluding hydrogens is 364 g/mol. The summed E-state index contributed by atoms with van der Waals surface area (Å²) in [6, 6.07) is 20.4. The van der Waals surface area contributed by atoms with E-state index in [9.17, 15) is 0 Å². The van der Waals surface area contributed by atoms with E-state index in [4.69, 9.17) is 0 Å². The quantitative estimate of drug-likeness (QED) is 0.536. The van der Waals surface area contributed by atoms with E-state index in [0.717, 1.165) is 38.1 Å². The van der Waals surface area contributed by atoms with E-state index in [1.165, 1.54) is 0 Å². The van der Waals surface area contributed by atoms with Crippen LogP contribution in [0.3, 0.4) is 0 Å². The fourth-order valence-corrected chi connectivity index (χ4v) is 3.34. The van der Waals surface area contributed by atoms with Crippen molar-refractivity contribution in [2.24, 2.45) is 7.05 Å². The third-order valence-electron chi connectivity index (χ3n) is 3.90. The Bertz CT molecular complexity index is 1000. The number of aryl methyl sites for hydroxylation is 1. The van der Waals surface area contributed by atoms with Gasteiger partial charge in [0, 0.05) is 23.7 Å². The molecule has 0 saturated carbocycles. The Morgan fingerprint density at radius 3 is 2.71 bits per heavy atom. The number of halogens is 1. The molecule has 5 heteroatoms. The second-order valence-electron chi connectivity index (χ2n) is 5.56. The predicted octanol–water partition coefficient (Wildman–Crippen LogP) is 5.14. The number of anilines is 2. The molecule has 0 unspecified atom stereocenters. The van der Waals surface area contributed by atoms with Crippen LogP contribution < -0.4 is 5.32 Å². The van der Waals surface area contributed by atoms with Crippen molar-refractivity contribution >= 4 is 38.3 Å². The lowest BCUT2D eigenvalue weighted by Crippen LogP contribution is -1.96. The van der Waals surface area contributed by atoms with Crippen molar-refractivity contribution in [3.8, 4) is 11.3 Å². The van der Waals surface area contributed by atoms with Gasteiger partial charge in [-0.05, 0) is 46.3 Å². The molecule has 0 bridgehead atoms. The van der Waals surface area contributed by atoms with Crippen LogP contribution in [-0.4, -0.2) is 14.8 Å². The molecule has 4 rings (SSSR count). The first kappa shape index (κ1) is 14.9. The minimum Gasteiger partial charge on any atom is -0.340 e. The van der Waals surface area contributed by atoms with Crippen molar-refractivity contribution in [3.05, 3.63) is 71.3 Å². The molecule has 0 fully saturated rings. The zero-order valence-electron chi connectivity index (χ0n) is 13.1. The number of benzene rings is 2. The Balaban J connectivity index is 1.68. The summed E-state index contributed by atoms with van der Waals surface area (Å²) < 4.78 is 2.84. The number of hydrogen-bond donors (Lipinski definition) is 1. The SMILES string of the molecule is Cn1ncc(Br)c1-c1cccc(Nc2ccc3ccccc3n2)c1. The predicted molar refractivity (Wildman–Crippen MR) is 101 cm³/mol. The van der Waals surface area contributed by atoms with Crippen LogP contribution >= 0.6 is 15.9 Å². The average Bonchev–Trinajstić information content (AvgIpc) is 2.94.